The summed E-state index contributed by atoms with van der Waals surface area (Å²) in [4.78, 5) is 0. The molecule has 0 bridgehead atoms. The lowest BCUT2D eigenvalue weighted by atomic mass is 10.0. The number of hydrogen-bond donors (Lipinski definition) is 2. The van der Waals surface area contributed by atoms with Crippen LogP contribution in [0, 0.1) is 0 Å². The molecule has 2 unspecified atom stereocenters. The highest BCUT2D eigenvalue weighted by atomic mass is 19.3. The molecule has 0 amide bonds. The fourth-order valence-corrected chi connectivity index (χ4v) is 1.83. The molecule has 0 aliphatic carbocycles. The van der Waals surface area contributed by atoms with E-state index in [1.807, 2.05) is 30.3 Å². The van der Waals surface area contributed by atoms with Gasteiger partial charge in [-0.15, -0.1) is 0 Å². The van der Waals surface area contributed by atoms with Crippen LogP contribution in [0.25, 0.3) is 0 Å². The van der Waals surface area contributed by atoms with Crippen molar-refractivity contribution < 1.29 is 13.9 Å². The van der Waals surface area contributed by atoms with Gasteiger partial charge in [0, 0.05) is 12.6 Å². The van der Waals surface area contributed by atoms with E-state index in [0.29, 0.717) is 0 Å². The molecule has 0 aliphatic rings. The fourth-order valence-electron chi connectivity index (χ4n) is 1.83. The van der Waals surface area contributed by atoms with Crippen LogP contribution in [-0.4, -0.2) is 24.2 Å². The molecule has 2 nitrogen and oxygen atoms in total. The monoisotopic (exact) mass is 257 g/mol. The topological polar surface area (TPSA) is 32.3 Å². The molecule has 0 heterocycles. The van der Waals surface area contributed by atoms with Gasteiger partial charge in [-0.3, -0.25) is 0 Å². The van der Waals surface area contributed by atoms with Crippen LogP contribution in [0.5, 0.6) is 0 Å². The molecule has 1 aromatic carbocycles. The highest BCUT2D eigenvalue weighted by Crippen LogP contribution is 2.19. The molecule has 0 aliphatic heterocycles. The molecule has 1 rings (SSSR count). The summed E-state index contributed by atoms with van der Waals surface area (Å²) < 4.78 is 24.5. The summed E-state index contributed by atoms with van der Waals surface area (Å²) in [6, 6.07) is 9.76. The van der Waals surface area contributed by atoms with Crippen molar-refractivity contribution in [2.45, 2.75) is 44.8 Å². The second-order valence-electron chi connectivity index (χ2n) is 4.42. The first-order chi connectivity index (χ1) is 8.65. The van der Waals surface area contributed by atoms with E-state index in [2.05, 4.69) is 12.2 Å². The molecule has 0 spiro atoms. The number of nitrogens with one attached hydrogen (secondary N) is 1. The van der Waals surface area contributed by atoms with Gasteiger partial charge in [-0.2, -0.15) is 0 Å². The van der Waals surface area contributed by atoms with Crippen LogP contribution in [0.3, 0.4) is 0 Å². The van der Waals surface area contributed by atoms with Gasteiger partial charge >= 0.3 is 0 Å². The van der Waals surface area contributed by atoms with Crippen LogP contribution in [0.4, 0.5) is 8.78 Å². The second-order valence-corrected chi connectivity index (χ2v) is 4.42. The predicted molar refractivity (Wildman–Crippen MR) is 68.7 cm³/mol. The number of unbranched alkanes of at least 4 members (excludes halogenated alkanes) is 1. The van der Waals surface area contributed by atoms with E-state index in [1.54, 1.807) is 0 Å². The SMILES string of the molecule is CCCCC(NCC(O)C(F)F)c1ccccc1. The van der Waals surface area contributed by atoms with E-state index in [-0.39, 0.29) is 12.6 Å². The van der Waals surface area contributed by atoms with Gasteiger partial charge in [-0.25, -0.2) is 8.78 Å². The molecule has 1 aromatic rings. The molecule has 0 aromatic heterocycles. The number of hydrogen-bond acceptors (Lipinski definition) is 2. The van der Waals surface area contributed by atoms with Gasteiger partial charge in [0.1, 0.15) is 6.10 Å². The minimum Gasteiger partial charge on any atom is -0.386 e. The van der Waals surface area contributed by atoms with E-state index < -0.39 is 12.5 Å². The Morgan fingerprint density at radius 1 is 1.22 bits per heavy atom. The first kappa shape index (κ1) is 15.1. The molecule has 2 atom stereocenters. The standard InChI is InChI=1S/C14H21F2NO/c1-2-3-9-12(11-7-5-4-6-8-11)17-10-13(18)14(15)16/h4-8,12-14,17-18H,2-3,9-10H2,1H3. The average molecular weight is 257 g/mol. The van der Waals surface area contributed by atoms with E-state index >= 15 is 0 Å². The maximum atomic E-state index is 12.2. The van der Waals surface area contributed by atoms with Crippen LogP contribution in [0.2, 0.25) is 0 Å². The molecule has 0 radical (unpaired) electrons. The molecular formula is C14H21F2NO. The number of aliphatic hydroxyl groups is 1. The summed E-state index contributed by atoms with van der Waals surface area (Å²) in [5, 5.41) is 12.2. The molecule has 102 valence electrons. The Kier molecular flexibility index (Phi) is 6.83. The Balaban J connectivity index is 2.56. The van der Waals surface area contributed by atoms with E-state index in [4.69, 9.17) is 5.11 Å². The smallest absolute Gasteiger partial charge is 0.265 e. The van der Waals surface area contributed by atoms with Gasteiger partial charge in [-0.05, 0) is 12.0 Å². The number of aliphatic hydroxyl groups excluding tert-OH is 1. The van der Waals surface area contributed by atoms with Crippen molar-refractivity contribution in [3.05, 3.63) is 35.9 Å². The van der Waals surface area contributed by atoms with Crippen molar-refractivity contribution in [3.63, 3.8) is 0 Å². The molecule has 18 heavy (non-hydrogen) atoms. The van der Waals surface area contributed by atoms with Gasteiger partial charge in [0.25, 0.3) is 6.43 Å². The van der Waals surface area contributed by atoms with Gasteiger partial charge in [-0.1, -0.05) is 50.1 Å². The average Bonchev–Trinajstić information content (AvgIpc) is 2.39. The van der Waals surface area contributed by atoms with Crippen molar-refractivity contribution in [1.29, 1.82) is 0 Å². The first-order valence-corrected chi connectivity index (χ1v) is 6.39. The normalized spacial score (nSPS) is 14.7. The van der Waals surface area contributed by atoms with Crippen molar-refractivity contribution in [2.24, 2.45) is 0 Å². The lowest BCUT2D eigenvalue weighted by molar-refractivity contribution is -0.00481. The first-order valence-electron chi connectivity index (χ1n) is 6.39. The molecule has 2 N–H and O–H groups in total. The van der Waals surface area contributed by atoms with Crippen LogP contribution < -0.4 is 5.32 Å². The summed E-state index contributed by atoms with van der Waals surface area (Å²) in [7, 11) is 0. The summed E-state index contributed by atoms with van der Waals surface area (Å²) in [5.74, 6) is 0. The van der Waals surface area contributed by atoms with E-state index in [9.17, 15) is 8.78 Å². The van der Waals surface area contributed by atoms with Crippen LogP contribution >= 0.6 is 0 Å². The van der Waals surface area contributed by atoms with Crippen molar-refractivity contribution in [1.82, 2.24) is 5.32 Å². The van der Waals surface area contributed by atoms with E-state index in [1.165, 1.54) is 0 Å². The lowest BCUT2D eigenvalue weighted by Crippen LogP contribution is -2.34. The summed E-state index contributed by atoms with van der Waals surface area (Å²) in [5.41, 5.74) is 1.08. The largest absolute Gasteiger partial charge is 0.386 e. The molecule has 0 saturated carbocycles. The quantitative estimate of drug-likeness (QED) is 0.750. The molecule has 4 heteroatoms. The third kappa shape index (κ3) is 5.10. The van der Waals surface area contributed by atoms with Gasteiger partial charge < -0.3 is 10.4 Å². The maximum Gasteiger partial charge on any atom is 0.265 e. The zero-order valence-electron chi connectivity index (χ0n) is 10.7. The lowest BCUT2D eigenvalue weighted by Gasteiger charge is -2.21. The number of benzene rings is 1. The van der Waals surface area contributed by atoms with E-state index in [0.717, 1.165) is 24.8 Å². The van der Waals surface area contributed by atoms with Crippen molar-refractivity contribution in [3.8, 4) is 0 Å². The highest BCUT2D eigenvalue weighted by molar-refractivity contribution is 5.18. The Morgan fingerprint density at radius 2 is 1.89 bits per heavy atom. The number of halogens is 2. The van der Waals surface area contributed by atoms with Gasteiger partial charge in [0.2, 0.25) is 0 Å². The van der Waals surface area contributed by atoms with Gasteiger partial charge in [0.05, 0.1) is 0 Å². The number of rotatable bonds is 8. The Morgan fingerprint density at radius 3 is 2.44 bits per heavy atom. The minimum atomic E-state index is -2.69. The summed E-state index contributed by atoms with van der Waals surface area (Å²) in [6.45, 7) is 2.01. The van der Waals surface area contributed by atoms with Crippen molar-refractivity contribution >= 4 is 0 Å². The highest BCUT2D eigenvalue weighted by Gasteiger charge is 2.18. The zero-order valence-corrected chi connectivity index (χ0v) is 10.7. The van der Waals surface area contributed by atoms with Crippen LogP contribution in [0.1, 0.15) is 37.8 Å². The third-order valence-corrected chi connectivity index (χ3v) is 2.91. The second kappa shape index (κ2) is 8.16. The Bertz CT molecular complexity index is 319. The van der Waals surface area contributed by atoms with Crippen molar-refractivity contribution in [2.75, 3.05) is 6.54 Å². The fraction of sp³-hybridized carbons (Fsp3) is 0.571. The van der Waals surface area contributed by atoms with Crippen LogP contribution in [0.15, 0.2) is 30.3 Å². The summed E-state index contributed by atoms with van der Waals surface area (Å²) in [6.07, 6.45) is -1.33. The minimum absolute atomic E-state index is 0.0274. The summed E-state index contributed by atoms with van der Waals surface area (Å²) >= 11 is 0. The molecule has 0 fully saturated rings. The predicted octanol–water partition coefficient (Wildman–Crippen LogP) is 3.13. The maximum absolute atomic E-state index is 12.2. The van der Waals surface area contributed by atoms with Crippen LogP contribution in [-0.2, 0) is 0 Å². The zero-order chi connectivity index (χ0) is 13.4. The third-order valence-electron chi connectivity index (χ3n) is 2.91. The Labute approximate surface area is 107 Å². The Hall–Kier alpha value is -1.00. The number of alkyl halides is 2. The van der Waals surface area contributed by atoms with Gasteiger partial charge in [0.15, 0.2) is 0 Å². The molecular weight excluding hydrogens is 236 g/mol. The molecule has 0 saturated heterocycles.